The summed E-state index contributed by atoms with van der Waals surface area (Å²) < 4.78 is 5.06. The predicted octanol–water partition coefficient (Wildman–Crippen LogP) is 3.40. The molecule has 0 radical (unpaired) electrons. The van der Waals surface area contributed by atoms with Crippen molar-refractivity contribution in [1.82, 2.24) is 0 Å². The molecular formula is C13H15NO. The number of methoxy groups -OCH3 is 1. The first kappa shape index (κ1) is 11.3. The van der Waals surface area contributed by atoms with Crippen LogP contribution in [-0.4, -0.2) is 7.11 Å². The van der Waals surface area contributed by atoms with E-state index in [1.54, 1.807) is 7.11 Å². The molecule has 0 bridgehead atoms. The van der Waals surface area contributed by atoms with Gasteiger partial charge in [0.1, 0.15) is 5.75 Å². The molecule has 0 aliphatic heterocycles. The largest absolute Gasteiger partial charge is 0.497 e. The Morgan fingerprint density at radius 2 is 2.07 bits per heavy atom. The summed E-state index contributed by atoms with van der Waals surface area (Å²) in [6.07, 6.45) is 3.97. The maximum atomic E-state index is 8.98. The number of rotatable bonds is 4. The Balaban J connectivity index is 2.89. The average Bonchev–Trinajstić information content (AvgIpc) is 2.31. The first-order valence-electron chi connectivity index (χ1n) is 5.06. The van der Waals surface area contributed by atoms with Gasteiger partial charge in [-0.05, 0) is 36.2 Å². The normalized spacial score (nSPS) is 10.9. The molecule has 2 heteroatoms. The van der Waals surface area contributed by atoms with Gasteiger partial charge in [0.25, 0.3) is 0 Å². The van der Waals surface area contributed by atoms with Crippen molar-refractivity contribution in [1.29, 1.82) is 5.26 Å². The molecule has 78 valence electrons. The third-order valence-electron chi connectivity index (χ3n) is 2.16. The van der Waals surface area contributed by atoms with Gasteiger partial charge in [0.15, 0.2) is 0 Å². The van der Waals surface area contributed by atoms with Gasteiger partial charge in [-0.3, -0.25) is 0 Å². The molecule has 0 aromatic heterocycles. The molecule has 0 aliphatic carbocycles. The number of nitriles is 1. The SMILES string of the molecule is CCC/C=C(\C#N)c1ccc(OC)cc1. The van der Waals surface area contributed by atoms with E-state index in [2.05, 4.69) is 13.0 Å². The van der Waals surface area contributed by atoms with Crippen molar-refractivity contribution < 1.29 is 4.74 Å². The molecule has 0 atom stereocenters. The predicted molar refractivity (Wildman–Crippen MR) is 61.5 cm³/mol. The van der Waals surface area contributed by atoms with Crippen LogP contribution in [0.4, 0.5) is 0 Å². The highest BCUT2D eigenvalue weighted by molar-refractivity contribution is 5.76. The van der Waals surface area contributed by atoms with Crippen LogP contribution in [0.2, 0.25) is 0 Å². The van der Waals surface area contributed by atoms with E-state index in [1.165, 1.54) is 0 Å². The molecule has 0 aliphatic rings. The van der Waals surface area contributed by atoms with E-state index in [-0.39, 0.29) is 0 Å². The fourth-order valence-corrected chi connectivity index (χ4v) is 1.29. The van der Waals surface area contributed by atoms with Crippen LogP contribution in [-0.2, 0) is 0 Å². The number of hydrogen-bond acceptors (Lipinski definition) is 2. The average molecular weight is 201 g/mol. The van der Waals surface area contributed by atoms with E-state index in [0.717, 1.165) is 29.7 Å². The third-order valence-corrected chi connectivity index (χ3v) is 2.16. The second-order valence-corrected chi connectivity index (χ2v) is 3.25. The summed E-state index contributed by atoms with van der Waals surface area (Å²) in [5, 5.41) is 8.98. The van der Waals surface area contributed by atoms with Crippen molar-refractivity contribution >= 4 is 5.57 Å². The standard InChI is InChI=1S/C13H15NO/c1-3-4-5-12(10-14)11-6-8-13(15-2)9-7-11/h5-9H,3-4H2,1-2H3/b12-5+. The van der Waals surface area contributed by atoms with Crippen LogP contribution in [0.15, 0.2) is 30.3 Å². The summed E-state index contributed by atoms with van der Waals surface area (Å²) in [7, 11) is 1.63. The van der Waals surface area contributed by atoms with Crippen LogP contribution >= 0.6 is 0 Å². The molecule has 0 spiro atoms. The van der Waals surface area contributed by atoms with Gasteiger partial charge in [-0.25, -0.2) is 0 Å². The van der Waals surface area contributed by atoms with Crippen LogP contribution < -0.4 is 4.74 Å². The molecule has 0 unspecified atom stereocenters. The molecule has 2 nitrogen and oxygen atoms in total. The van der Waals surface area contributed by atoms with Crippen molar-refractivity contribution in [3.05, 3.63) is 35.9 Å². The third kappa shape index (κ3) is 3.14. The second-order valence-electron chi connectivity index (χ2n) is 3.25. The van der Waals surface area contributed by atoms with Crippen molar-refractivity contribution in [2.75, 3.05) is 7.11 Å². The Kier molecular flexibility index (Phi) is 4.43. The summed E-state index contributed by atoms with van der Waals surface area (Å²) in [4.78, 5) is 0. The lowest BCUT2D eigenvalue weighted by atomic mass is 10.1. The molecule has 0 heterocycles. The zero-order valence-electron chi connectivity index (χ0n) is 9.16. The van der Waals surface area contributed by atoms with Gasteiger partial charge in [0.2, 0.25) is 0 Å². The van der Waals surface area contributed by atoms with E-state index in [4.69, 9.17) is 10.00 Å². The smallest absolute Gasteiger partial charge is 0.118 e. The summed E-state index contributed by atoms with van der Waals surface area (Å²) in [5.74, 6) is 0.812. The Hall–Kier alpha value is -1.75. The minimum atomic E-state index is 0.736. The molecule has 0 saturated carbocycles. The number of ether oxygens (including phenoxy) is 1. The van der Waals surface area contributed by atoms with Crippen LogP contribution in [0.25, 0.3) is 5.57 Å². The number of nitrogens with zero attached hydrogens (tertiary/aromatic N) is 1. The van der Waals surface area contributed by atoms with Gasteiger partial charge in [0.05, 0.1) is 18.8 Å². The zero-order chi connectivity index (χ0) is 11.1. The summed E-state index contributed by atoms with van der Waals surface area (Å²) in [5.41, 5.74) is 1.69. The maximum Gasteiger partial charge on any atom is 0.118 e. The lowest BCUT2D eigenvalue weighted by Crippen LogP contribution is -1.85. The van der Waals surface area contributed by atoms with E-state index >= 15 is 0 Å². The quantitative estimate of drug-likeness (QED) is 0.699. The van der Waals surface area contributed by atoms with Crippen molar-refractivity contribution in [3.63, 3.8) is 0 Å². The van der Waals surface area contributed by atoms with Crippen LogP contribution in [0.1, 0.15) is 25.3 Å². The fourth-order valence-electron chi connectivity index (χ4n) is 1.29. The second kappa shape index (κ2) is 5.87. The van der Waals surface area contributed by atoms with E-state index in [1.807, 2.05) is 30.3 Å². The van der Waals surface area contributed by atoms with E-state index in [0.29, 0.717) is 0 Å². The Labute approximate surface area is 90.8 Å². The summed E-state index contributed by atoms with van der Waals surface area (Å²) >= 11 is 0. The molecule has 0 amide bonds. The van der Waals surface area contributed by atoms with E-state index < -0.39 is 0 Å². The summed E-state index contributed by atoms with van der Waals surface area (Å²) in [6.45, 7) is 2.10. The lowest BCUT2D eigenvalue weighted by molar-refractivity contribution is 0.415. The molecule has 1 aromatic rings. The van der Waals surface area contributed by atoms with Gasteiger partial charge in [0, 0.05) is 0 Å². The highest BCUT2D eigenvalue weighted by Crippen LogP contribution is 2.18. The Morgan fingerprint density at radius 3 is 2.53 bits per heavy atom. The van der Waals surface area contributed by atoms with Crippen LogP contribution in [0, 0.1) is 11.3 Å². The fraction of sp³-hybridized carbons (Fsp3) is 0.308. The number of unbranched alkanes of at least 4 members (excludes halogenated alkanes) is 1. The molecule has 0 N–H and O–H groups in total. The lowest BCUT2D eigenvalue weighted by Gasteiger charge is -2.01. The molecule has 1 aromatic carbocycles. The molecule has 0 fully saturated rings. The minimum absolute atomic E-state index is 0.736. The number of hydrogen-bond donors (Lipinski definition) is 0. The van der Waals surface area contributed by atoms with Gasteiger partial charge in [-0.15, -0.1) is 0 Å². The molecule has 0 saturated heterocycles. The van der Waals surface area contributed by atoms with Gasteiger partial charge >= 0.3 is 0 Å². The summed E-state index contributed by atoms with van der Waals surface area (Å²) in [6, 6.07) is 9.76. The first-order chi connectivity index (χ1) is 7.31. The Morgan fingerprint density at radius 1 is 1.40 bits per heavy atom. The highest BCUT2D eigenvalue weighted by Gasteiger charge is 1.99. The monoisotopic (exact) mass is 201 g/mol. The Bertz CT molecular complexity index is 371. The minimum Gasteiger partial charge on any atom is -0.497 e. The van der Waals surface area contributed by atoms with Crippen LogP contribution in [0.3, 0.4) is 0 Å². The first-order valence-corrected chi connectivity index (χ1v) is 5.06. The van der Waals surface area contributed by atoms with E-state index in [9.17, 15) is 0 Å². The van der Waals surface area contributed by atoms with Crippen molar-refractivity contribution in [2.24, 2.45) is 0 Å². The molecular weight excluding hydrogens is 186 g/mol. The maximum absolute atomic E-state index is 8.98. The van der Waals surface area contributed by atoms with Gasteiger partial charge in [-0.1, -0.05) is 19.4 Å². The topological polar surface area (TPSA) is 33.0 Å². The highest BCUT2D eigenvalue weighted by atomic mass is 16.5. The van der Waals surface area contributed by atoms with Crippen molar-refractivity contribution in [2.45, 2.75) is 19.8 Å². The number of benzene rings is 1. The molecule has 15 heavy (non-hydrogen) atoms. The van der Waals surface area contributed by atoms with Gasteiger partial charge < -0.3 is 4.74 Å². The van der Waals surface area contributed by atoms with Crippen LogP contribution in [0.5, 0.6) is 5.75 Å². The molecule has 1 rings (SSSR count). The number of allylic oxidation sites excluding steroid dienone is 2. The zero-order valence-corrected chi connectivity index (χ0v) is 9.16. The van der Waals surface area contributed by atoms with Gasteiger partial charge in [-0.2, -0.15) is 5.26 Å². The van der Waals surface area contributed by atoms with Crippen molar-refractivity contribution in [3.8, 4) is 11.8 Å².